The molecule has 1 saturated heterocycles. The van der Waals surface area contributed by atoms with E-state index in [0.29, 0.717) is 6.10 Å². The molecule has 1 atom stereocenters. The van der Waals surface area contributed by atoms with E-state index in [1.54, 1.807) is 0 Å². The zero-order valence-corrected chi connectivity index (χ0v) is 13.3. The molecule has 5 heteroatoms. The van der Waals surface area contributed by atoms with Crippen LogP contribution in [0.15, 0.2) is 0 Å². The van der Waals surface area contributed by atoms with Crippen LogP contribution in [-0.4, -0.2) is 69.3 Å². The molecule has 1 N–H and O–H groups in total. The van der Waals surface area contributed by atoms with Crippen molar-refractivity contribution in [1.82, 2.24) is 10.2 Å². The van der Waals surface area contributed by atoms with Gasteiger partial charge in [0.25, 0.3) is 0 Å². The Balaban J connectivity index is 2.03. The third-order valence-electron chi connectivity index (χ3n) is 3.27. The van der Waals surface area contributed by atoms with Gasteiger partial charge in [0.15, 0.2) is 0 Å². The van der Waals surface area contributed by atoms with Crippen molar-refractivity contribution in [3.05, 3.63) is 0 Å². The standard InChI is InChI=1S/C14H30N2O2S/c1-13(2)3-7-17-8-5-16-6-9-18-14(12-16)11-15-4-10-19/h13-15,19H,3-12H2,1-2H3. The van der Waals surface area contributed by atoms with Crippen molar-refractivity contribution >= 4 is 12.6 Å². The zero-order valence-electron chi connectivity index (χ0n) is 12.4. The summed E-state index contributed by atoms with van der Waals surface area (Å²) in [7, 11) is 0. The third-order valence-corrected chi connectivity index (χ3v) is 3.50. The van der Waals surface area contributed by atoms with Gasteiger partial charge in [-0.05, 0) is 12.3 Å². The Morgan fingerprint density at radius 2 is 2.26 bits per heavy atom. The van der Waals surface area contributed by atoms with Crippen LogP contribution in [0.2, 0.25) is 0 Å². The second-order valence-corrected chi connectivity index (χ2v) is 5.96. The molecule has 1 aliphatic rings. The van der Waals surface area contributed by atoms with Gasteiger partial charge in [0.1, 0.15) is 0 Å². The lowest BCUT2D eigenvalue weighted by molar-refractivity contribution is -0.0349. The molecule has 19 heavy (non-hydrogen) atoms. The van der Waals surface area contributed by atoms with Gasteiger partial charge in [-0.2, -0.15) is 12.6 Å². The molecule has 0 aliphatic carbocycles. The minimum atomic E-state index is 0.310. The molecule has 0 radical (unpaired) electrons. The summed E-state index contributed by atoms with van der Waals surface area (Å²) in [5.41, 5.74) is 0. The Bertz CT molecular complexity index is 218. The van der Waals surface area contributed by atoms with E-state index in [0.717, 1.165) is 70.6 Å². The number of hydrogen-bond donors (Lipinski definition) is 2. The largest absolute Gasteiger partial charge is 0.380 e. The van der Waals surface area contributed by atoms with Crippen LogP contribution in [0.4, 0.5) is 0 Å². The van der Waals surface area contributed by atoms with Gasteiger partial charge >= 0.3 is 0 Å². The van der Waals surface area contributed by atoms with Crippen LogP contribution in [0.5, 0.6) is 0 Å². The van der Waals surface area contributed by atoms with Gasteiger partial charge < -0.3 is 14.8 Å². The summed E-state index contributed by atoms with van der Waals surface area (Å²) >= 11 is 4.19. The zero-order chi connectivity index (χ0) is 13.9. The van der Waals surface area contributed by atoms with Crippen molar-refractivity contribution in [2.75, 3.05) is 58.3 Å². The fourth-order valence-corrected chi connectivity index (χ4v) is 2.22. The summed E-state index contributed by atoms with van der Waals surface area (Å²) in [4.78, 5) is 2.44. The molecule has 0 aromatic rings. The van der Waals surface area contributed by atoms with Crippen molar-refractivity contribution in [1.29, 1.82) is 0 Å². The Labute approximate surface area is 123 Å². The second-order valence-electron chi connectivity index (χ2n) is 5.52. The molecule has 1 rings (SSSR count). The van der Waals surface area contributed by atoms with Crippen LogP contribution >= 0.6 is 12.6 Å². The molecule has 1 heterocycles. The first-order valence-corrected chi connectivity index (χ1v) is 8.09. The smallest absolute Gasteiger partial charge is 0.0826 e. The maximum Gasteiger partial charge on any atom is 0.0826 e. The Morgan fingerprint density at radius 1 is 1.42 bits per heavy atom. The monoisotopic (exact) mass is 290 g/mol. The van der Waals surface area contributed by atoms with Crippen molar-refractivity contribution in [2.24, 2.45) is 5.92 Å². The number of nitrogens with one attached hydrogen (secondary N) is 1. The Kier molecular flexibility index (Phi) is 9.91. The van der Waals surface area contributed by atoms with Crippen LogP contribution in [0.25, 0.3) is 0 Å². The van der Waals surface area contributed by atoms with Gasteiger partial charge in [-0.1, -0.05) is 13.8 Å². The van der Waals surface area contributed by atoms with Crippen LogP contribution in [0.1, 0.15) is 20.3 Å². The number of morpholine rings is 1. The normalized spacial score (nSPS) is 21.2. The first-order chi connectivity index (χ1) is 9.22. The molecule has 0 bridgehead atoms. The molecule has 1 fully saturated rings. The lowest BCUT2D eigenvalue weighted by atomic mass is 10.1. The van der Waals surface area contributed by atoms with Crippen LogP contribution in [-0.2, 0) is 9.47 Å². The fourth-order valence-electron chi connectivity index (χ4n) is 2.06. The van der Waals surface area contributed by atoms with E-state index in [2.05, 4.69) is 36.7 Å². The predicted octanol–water partition coefficient (Wildman–Crippen LogP) is 1.27. The highest BCUT2D eigenvalue weighted by atomic mass is 32.1. The first-order valence-electron chi connectivity index (χ1n) is 7.45. The minimum Gasteiger partial charge on any atom is -0.380 e. The first kappa shape index (κ1) is 17.2. The number of thiol groups is 1. The lowest BCUT2D eigenvalue weighted by Crippen LogP contribution is -2.47. The number of rotatable bonds is 10. The molecule has 0 saturated carbocycles. The van der Waals surface area contributed by atoms with Crippen LogP contribution in [0.3, 0.4) is 0 Å². The minimum absolute atomic E-state index is 0.310. The summed E-state index contributed by atoms with van der Waals surface area (Å²) < 4.78 is 11.4. The SMILES string of the molecule is CC(C)CCOCCN1CCOC(CNCCS)C1. The molecule has 0 aromatic heterocycles. The highest BCUT2D eigenvalue weighted by molar-refractivity contribution is 7.80. The van der Waals surface area contributed by atoms with Crippen molar-refractivity contribution in [2.45, 2.75) is 26.4 Å². The number of ether oxygens (including phenoxy) is 2. The Hall–Kier alpha value is 0.190. The van der Waals surface area contributed by atoms with E-state index < -0.39 is 0 Å². The second kappa shape index (κ2) is 10.9. The van der Waals surface area contributed by atoms with Gasteiger partial charge in [0, 0.05) is 45.1 Å². The van der Waals surface area contributed by atoms with Crippen LogP contribution < -0.4 is 5.32 Å². The predicted molar refractivity (Wildman–Crippen MR) is 83.2 cm³/mol. The summed E-state index contributed by atoms with van der Waals surface area (Å²) in [6.45, 7) is 11.9. The number of nitrogens with zero attached hydrogens (tertiary/aromatic N) is 1. The van der Waals surface area contributed by atoms with E-state index in [-0.39, 0.29) is 0 Å². The molecular formula is C14H30N2O2S. The summed E-state index contributed by atoms with van der Waals surface area (Å²) in [6.07, 6.45) is 1.46. The highest BCUT2D eigenvalue weighted by Gasteiger charge is 2.19. The molecule has 0 aromatic carbocycles. The maximum absolute atomic E-state index is 5.74. The van der Waals surface area contributed by atoms with Gasteiger partial charge in [-0.15, -0.1) is 0 Å². The van der Waals surface area contributed by atoms with E-state index in [4.69, 9.17) is 9.47 Å². The quantitative estimate of drug-likeness (QED) is 0.469. The number of hydrogen-bond acceptors (Lipinski definition) is 5. The molecule has 4 nitrogen and oxygen atoms in total. The molecule has 114 valence electrons. The third kappa shape index (κ3) is 8.87. The molecule has 1 aliphatic heterocycles. The Morgan fingerprint density at radius 3 is 3.00 bits per heavy atom. The topological polar surface area (TPSA) is 33.7 Å². The maximum atomic E-state index is 5.74. The van der Waals surface area contributed by atoms with Crippen molar-refractivity contribution in [3.63, 3.8) is 0 Å². The molecule has 0 amide bonds. The molecular weight excluding hydrogens is 260 g/mol. The highest BCUT2D eigenvalue weighted by Crippen LogP contribution is 2.04. The van der Waals surface area contributed by atoms with Crippen LogP contribution in [0, 0.1) is 5.92 Å². The average molecular weight is 290 g/mol. The van der Waals surface area contributed by atoms with Gasteiger partial charge in [-0.25, -0.2) is 0 Å². The average Bonchev–Trinajstić information content (AvgIpc) is 2.39. The van der Waals surface area contributed by atoms with E-state index >= 15 is 0 Å². The van der Waals surface area contributed by atoms with E-state index in [1.807, 2.05) is 0 Å². The molecule has 1 unspecified atom stereocenters. The van der Waals surface area contributed by atoms with Gasteiger partial charge in [0.2, 0.25) is 0 Å². The summed E-state index contributed by atoms with van der Waals surface area (Å²) in [6, 6.07) is 0. The summed E-state index contributed by atoms with van der Waals surface area (Å²) in [5, 5.41) is 3.35. The fraction of sp³-hybridized carbons (Fsp3) is 1.00. The van der Waals surface area contributed by atoms with Gasteiger partial charge in [0.05, 0.1) is 19.3 Å². The van der Waals surface area contributed by atoms with Crippen molar-refractivity contribution < 1.29 is 9.47 Å². The molecule has 0 spiro atoms. The van der Waals surface area contributed by atoms with Crippen molar-refractivity contribution in [3.8, 4) is 0 Å². The van der Waals surface area contributed by atoms with E-state index in [9.17, 15) is 0 Å². The lowest BCUT2D eigenvalue weighted by Gasteiger charge is -2.33. The van der Waals surface area contributed by atoms with E-state index in [1.165, 1.54) is 0 Å². The summed E-state index contributed by atoms with van der Waals surface area (Å²) in [5.74, 6) is 1.60. The van der Waals surface area contributed by atoms with Gasteiger partial charge in [-0.3, -0.25) is 4.90 Å².